The summed E-state index contributed by atoms with van der Waals surface area (Å²) >= 11 is 0. The number of carbonyl (C=O) groups is 1. The van der Waals surface area contributed by atoms with Crippen molar-refractivity contribution < 1.29 is 9.18 Å². The van der Waals surface area contributed by atoms with Crippen LogP contribution in [0.2, 0.25) is 0 Å². The molecule has 0 atom stereocenters. The highest BCUT2D eigenvalue weighted by Crippen LogP contribution is 2.23. The summed E-state index contributed by atoms with van der Waals surface area (Å²) in [7, 11) is 1.63. The van der Waals surface area contributed by atoms with E-state index in [1.54, 1.807) is 35.6 Å². The highest BCUT2D eigenvalue weighted by Gasteiger charge is 2.26. The fraction of sp³-hybridized carbons (Fsp3) is 0.438. The highest BCUT2D eigenvalue weighted by molar-refractivity contribution is 5.89. The van der Waals surface area contributed by atoms with E-state index < -0.39 is 5.82 Å². The third kappa shape index (κ3) is 3.04. The summed E-state index contributed by atoms with van der Waals surface area (Å²) in [6.07, 6.45) is 1.33. The molecule has 1 aromatic carbocycles. The van der Waals surface area contributed by atoms with Gasteiger partial charge >= 0.3 is 11.7 Å². The summed E-state index contributed by atoms with van der Waals surface area (Å²) in [5.74, 6) is 0.218. The lowest BCUT2D eigenvalue weighted by Crippen LogP contribution is -2.43. The number of anilines is 1. The van der Waals surface area contributed by atoms with Gasteiger partial charge in [0.25, 0.3) is 0 Å². The predicted octanol–water partition coefficient (Wildman–Crippen LogP) is 1.90. The average Bonchev–Trinajstić information content (AvgIpc) is 2.82. The molecule has 3 rings (SSSR count). The Hall–Kier alpha value is -2.64. The first-order valence-corrected chi connectivity index (χ1v) is 7.90. The summed E-state index contributed by atoms with van der Waals surface area (Å²) in [6, 6.07) is 5.78. The van der Waals surface area contributed by atoms with Crippen LogP contribution in [0.15, 0.2) is 29.1 Å². The van der Waals surface area contributed by atoms with Crippen LogP contribution in [0.1, 0.15) is 24.7 Å². The van der Waals surface area contributed by atoms with Crippen molar-refractivity contribution in [3.05, 3.63) is 46.4 Å². The molecule has 0 aliphatic carbocycles. The quantitative estimate of drug-likeness (QED) is 0.912. The molecule has 128 valence electrons. The van der Waals surface area contributed by atoms with Crippen molar-refractivity contribution in [2.45, 2.75) is 25.8 Å². The van der Waals surface area contributed by atoms with Gasteiger partial charge in [0.1, 0.15) is 11.6 Å². The third-order valence-corrected chi connectivity index (χ3v) is 4.36. The van der Waals surface area contributed by atoms with Crippen molar-refractivity contribution in [3.63, 3.8) is 0 Å². The number of amides is 2. The summed E-state index contributed by atoms with van der Waals surface area (Å²) < 4.78 is 16.6. The van der Waals surface area contributed by atoms with E-state index in [9.17, 15) is 14.0 Å². The summed E-state index contributed by atoms with van der Waals surface area (Å²) in [5, 5.41) is 6.73. The van der Waals surface area contributed by atoms with Gasteiger partial charge in [0.15, 0.2) is 0 Å². The number of aromatic nitrogens is 3. The Labute approximate surface area is 138 Å². The van der Waals surface area contributed by atoms with E-state index in [0.717, 1.165) is 0 Å². The van der Waals surface area contributed by atoms with Crippen LogP contribution in [-0.2, 0) is 7.05 Å². The van der Waals surface area contributed by atoms with Crippen molar-refractivity contribution in [1.29, 1.82) is 0 Å². The molecule has 1 N–H and O–H groups in total. The molecule has 0 radical (unpaired) electrons. The molecule has 1 saturated heterocycles. The molecule has 1 aromatic heterocycles. The van der Waals surface area contributed by atoms with Crippen LogP contribution in [0, 0.1) is 12.7 Å². The average molecular weight is 333 g/mol. The van der Waals surface area contributed by atoms with Gasteiger partial charge < -0.3 is 10.2 Å². The molecule has 2 aromatic rings. The van der Waals surface area contributed by atoms with Crippen LogP contribution < -0.4 is 11.0 Å². The van der Waals surface area contributed by atoms with Crippen molar-refractivity contribution in [1.82, 2.24) is 19.2 Å². The largest absolute Gasteiger partial charge is 0.345 e. The van der Waals surface area contributed by atoms with Crippen LogP contribution in [0.4, 0.5) is 14.9 Å². The van der Waals surface area contributed by atoms with Gasteiger partial charge in [-0.15, -0.1) is 0 Å². The van der Waals surface area contributed by atoms with E-state index in [2.05, 4.69) is 10.4 Å². The zero-order valence-corrected chi connectivity index (χ0v) is 13.7. The Morgan fingerprint density at radius 1 is 1.29 bits per heavy atom. The van der Waals surface area contributed by atoms with Crippen molar-refractivity contribution in [3.8, 4) is 0 Å². The molecule has 2 heterocycles. The topological polar surface area (TPSA) is 72.2 Å². The zero-order valence-electron chi connectivity index (χ0n) is 13.7. The minimum Gasteiger partial charge on any atom is -0.324 e. The molecule has 1 fully saturated rings. The van der Waals surface area contributed by atoms with Crippen LogP contribution in [0.3, 0.4) is 0 Å². The van der Waals surface area contributed by atoms with Gasteiger partial charge in [-0.05, 0) is 31.9 Å². The Morgan fingerprint density at radius 2 is 1.96 bits per heavy atom. The van der Waals surface area contributed by atoms with Crippen LogP contribution in [-0.4, -0.2) is 38.4 Å². The van der Waals surface area contributed by atoms with E-state index in [-0.39, 0.29) is 23.5 Å². The monoisotopic (exact) mass is 333 g/mol. The minimum atomic E-state index is -0.460. The fourth-order valence-corrected chi connectivity index (χ4v) is 3.11. The molecule has 0 saturated carbocycles. The summed E-state index contributed by atoms with van der Waals surface area (Å²) in [5.41, 5.74) is 0.0331. The number of urea groups is 1. The molecular weight excluding hydrogens is 313 g/mol. The first-order chi connectivity index (χ1) is 11.5. The second kappa shape index (κ2) is 6.46. The number of para-hydroxylation sites is 1. The normalized spacial score (nSPS) is 15.5. The Balaban J connectivity index is 1.64. The number of nitrogens with zero attached hydrogens (tertiary/aromatic N) is 4. The summed E-state index contributed by atoms with van der Waals surface area (Å²) in [4.78, 5) is 26.0. The number of hydrogen-bond donors (Lipinski definition) is 1. The molecule has 2 amide bonds. The lowest BCUT2D eigenvalue weighted by atomic mass is 10.1. The lowest BCUT2D eigenvalue weighted by Gasteiger charge is -2.32. The maximum absolute atomic E-state index is 13.6. The number of nitrogens with one attached hydrogen (secondary N) is 1. The number of hydrogen-bond acceptors (Lipinski definition) is 3. The van der Waals surface area contributed by atoms with Gasteiger partial charge in [-0.2, -0.15) is 5.10 Å². The molecule has 1 aliphatic heterocycles. The van der Waals surface area contributed by atoms with Crippen molar-refractivity contribution in [2.24, 2.45) is 7.05 Å². The standard InChI is InChI=1S/C16H20FN5O2/c1-11-19-20(2)16(24)22(11)12-7-9-21(10-8-12)15(23)18-14-6-4-3-5-13(14)17/h3-6,12H,7-10H2,1-2H3,(H,18,23). The number of halogens is 1. The molecule has 0 unspecified atom stereocenters. The van der Waals surface area contributed by atoms with E-state index >= 15 is 0 Å². The first-order valence-electron chi connectivity index (χ1n) is 7.90. The first kappa shape index (κ1) is 16.2. The lowest BCUT2D eigenvalue weighted by molar-refractivity contribution is 0.182. The number of rotatable bonds is 2. The molecule has 0 spiro atoms. The van der Waals surface area contributed by atoms with E-state index in [1.807, 2.05) is 0 Å². The van der Waals surface area contributed by atoms with Crippen LogP contribution >= 0.6 is 0 Å². The molecule has 7 nitrogen and oxygen atoms in total. The molecule has 1 aliphatic rings. The van der Waals surface area contributed by atoms with Crippen molar-refractivity contribution >= 4 is 11.7 Å². The Bertz CT molecular complexity index is 805. The number of benzene rings is 1. The zero-order chi connectivity index (χ0) is 17.3. The van der Waals surface area contributed by atoms with Gasteiger partial charge in [0.05, 0.1) is 5.69 Å². The highest BCUT2D eigenvalue weighted by atomic mass is 19.1. The second-order valence-electron chi connectivity index (χ2n) is 5.95. The third-order valence-electron chi connectivity index (χ3n) is 4.36. The number of likely N-dealkylation sites (tertiary alicyclic amines) is 1. The van der Waals surface area contributed by atoms with Gasteiger partial charge in [-0.25, -0.2) is 18.7 Å². The van der Waals surface area contributed by atoms with Gasteiger partial charge in [0.2, 0.25) is 0 Å². The molecular formula is C16H20FN5O2. The van der Waals surface area contributed by atoms with Gasteiger partial charge in [-0.1, -0.05) is 12.1 Å². The fourth-order valence-electron chi connectivity index (χ4n) is 3.11. The van der Waals surface area contributed by atoms with E-state index in [0.29, 0.717) is 31.8 Å². The number of aryl methyl sites for hydroxylation is 2. The maximum atomic E-state index is 13.6. The van der Waals surface area contributed by atoms with Gasteiger partial charge in [0, 0.05) is 26.2 Å². The predicted molar refractivity (Wildman–Crippen MR) is 87.5 cm³/mol. The Morgan fingerprint density at radius 3 is 2.54 bits per heavy atom. The van der Waals surface area contributed by atoms with E-state index in [4.69, 9.17) is 0 Å². The minimum absolute atomic E-state index is 0.0312. The second-order valence-corrected chi connectivity index (χ2v) is 5.95. The number of piperidine rings is 1. The molecule has 24 heavy (non-hydrogen) atoms. The van der Waals surface area contributed by atoms with Crippen LogP contribution in [0.5, 0.6) is 0 Å². The Kier molecular flexibility index (Phi) is 4.37. The van der Waals surface area contributed by atoms with Crippen molar-refractivity contribution in [2.75, 3.05) is 18.4 Å². The van der Waals surface area contributed by atoms with Crippen LogP contribution in [0.25, 0.3) is 0 Å². The van der Waals surface area contributed by atoms with Gasteiger partial charge in [-0.3, -0.25) is 4.57 Å². The molecule has 0 bridgehead atoms. The smallest absolute Gasteiger partial charge is 0.324 e. The number of carbonyl (C=O) groups excluding carboxylic acids is 1. The maximum Gasteiger partial charge on any atom is 0.345 e. The summed E-state index contributed by atoms with van der Waals surface area (Å²) in [6.45, 7) is 2.82. The SMILES string of the molecule is Cc1nn(C)c(=O)n1C1CCN(C(=O)Nc2ccccc2F)CC1. The molecule has 8 heteroatoms. The van der Waals surface area contributed by atoms with E-state index in [1.165, 1.54) is 16.8 Å².